The number of nitrogens with zero attached hydrogens (tertiary/aromatic N) is 2. The fourth-order valence-corrected chi connectivity index (χ4v) is 2.56. The zero-order valence-corrected chi connectivity index (χ0v) is 10.9. The van der Waals surface area contributed by atoms with Crippen molar-refractivity contribution in [3.05, 3.63) is 30.1 Å². The Hall–Kier alpha value is -0.930. The van der Waals surface area contributed by atoms with Crippen molar-refractivity contribution >= 4 is 0 Å². The van der Waals surface area contributed by atoms with Crippen molar-refractivity contribution in [2.45, 2.75) is 38.8 Å². The topological polar surface area (TPSA) is 28.2 Å². The summed E-state index contributed by atoms with van der Waals surface area (Å²) in [5.74, 6) is 0. The third-order valence-electron chi connectivity index (χ3n) is 3.45. The molecule has 2 unspecified atom stereocenters. The Morgan fingerprint density at radius 3 is 2.76 bits per heavy atom. The normalized spacial score (nSPS) is 20.4. The van der Waals surface area contributed by atoms with Gasteiger partial charge in [-0.1, -0.05) is 6.07 Å². The fraction of sp³-hybridized carbons (Fsp3) is 0.643. The van der Waals surface area contributed by atoms with E-state index in [2.05, 4.69) is 35.1 Å². The maximum atomic E-state index is 4.17. The van der Waals surface area contributed by atoms with Crippen LogP contribution in [0.25, 0.3) is 0 Å². The van der Waals surface area contributed by atoms with E-state index in [4.69, 9.17) is 0 Å². The lowest BCUT2D eigenvalue weighted by atomic mass is 10.1. The Morgan fingerprint density at radius 2 is 2.12 bits per heavy atom. The van der Waals surface area contributed by atoms with Gasteiger partial charge < -0.3 is 10.2 Å². The molecule has 17 heavy (non-hydrogen) atoms. The lowest BCUT2D eigenvalue weighted by Gasteiger charge is -2.24. The van der Waals surface area contributed by atoms with Gasteiger partial charge in [-0.25, -0.2) is 0 Å². The molecule has 1 N–H and O–H groups in total. The summed E-state index contributed by atoms with van der Waals surface area (Å²) in [7, 11) is 0. The minimum absolute atomic E-state index is 0.376. The van der Waals surface area contributed by atoms with Crippen LogP contribution in [-0.4, -0.2) is 35.6 Å². The lowest BCUT2D eigenvalue weighted by molar-refractivity contribution is 0.289. The highest BCUT2D eigenvalue weighted by atomic mass is 15.2. The van der Waals surface area contributed by atoms with Gasteiger partial charge in [-0.2, -0.15) is 0 Å². The first kappa shape index (κ1) is 12.5. The molecule has 1 aliphatic rings. The van der Waals surface area contributed by atoms with Crippen molar-refractivity contribution < 1.29 is 0 Å². The molecule has 1 aromatic rings. The molecule has 1 saturated heterocycles. The van der Waals surface area contributed by atoms with Crippen LogP contribution in [-0.2, 0) is 0 Å². The number of hydrogen-bond acceptors (Lipinski definition) is 3. The van der Waals surface area contributed by atoms with Gasteiger partial charge in [-0.05, 0) is 51.4 Å². The van der Waals surface area contributed by atoms with Crippen LogP contribution in [0.5, 0.6) is 0 Å². The molecule has 2 rings (SSSR count). The average molecular weight is 233 g/mol. The van der Waals surface area contributed by atoms with Crippen LogP contribution in [0.3, 0.4) is 0 Å². The van der Waals surface area contributed by atoms with Crippen molar-refractivity contribution in [3.63, 3.8) is 0 Å². The quantitative estimate of drug-likeness (QED) is 0.845. The summed E-state index contributed by atoms with van der Waals surface area (Å²) in [6.45, 7) is 8.17. The Morgan fingerprint density at radius 1 is 1.35 bits per heavy atom. The van der Waals surface area contributed by atoms with E-state index in [1.165, 1.54) is 31.5 Å². The van der Waals surface area contributed by atoms with E-state index in [0.717, 1.165) is 6.54 Å². The molecule has 0 spiro atoms. The van der Waals surface area contributed by atoms with Gasteiger partial charge in [-0.15, -0.1) is 0 Å². The summed E-state index contributed by atoms with van der Waals surface area (Å²) < 4.78 is 0. The van der Waals surface area contributed by atoms with E-state index in [1.54, 1.807) is 0 Å². The smallest absolute Gasteiger partial charge is 0.0315 e. The third-order valence-corrected chi connectivity index (χ3v) is 3.45. The SMILES string of the molecule is CC(CN1CCCC1)NC(C)c1cccnc1. The summed E-state index contributed by atoms with van der Waals surface area (Å²) >= 11 is 0. The Balaban J connectivity index is 1.79. The second-order valence-corrected chi connectivity index (χ2v) is 5.08. The molecule has 1 aliphatic heterocycles. The monoisotopic (exact) mass is 233 g/mol. The molecular weight excluding hydrogens is 210 g/mol. The van der Waals surface area contributed by atoms with Gasteiger partial charge in [0.1, 0.15) is 0 Å². The molecule has 2 heterocycles. The molecule has 2 atom stereocenters. The molecule has 1 fully saturated rings. The summed E-state index contributed by atoms with van der Waals surface area (Å²) in [5, 5.41) is 3.64. The zero-order valence-electron chi connectivity index (χ0n) is 10.9. The number of nitrogens with one attached hydrogen (secondary N) is 1. The second kappa shape index (κ2) is 6.12. The number of hydrogen-bond donors (Lipinski definition) is 1. The average Bonchev–Trinajstić information content (AvgIpc) is 2.82. The van der Waals surface area contributed by atoms with Crippen molar-refractivity contribution in [1.82, 2.24) is 15.2 Å². The Kier molecular flexibility index (Phi) is 4.51. The van der Waals surface area contributed by atoms with Crippen LogP contribution in [0.15, 0.2) is 24.5 Å². The van der Waals surface area contributed by atoms with E-state index < -0.39 is 0 Å². The summed E-state index contributed by atoms with van der Waals surface area (Å²) in [6.07, 6.45) is 6.50. The molecule has 0 radical (unpaired) electrons. The largest absolute Gasteiger partial charge is 0.306 e. The highest BCUT2D eigenvalue weighted by Crippen LogP contribution is 2.12. The third kappa shape index (κ3) is 3.79. The standard InChI is InChI=1S/C14H23N3/c1-12(11-17-8-3-4-9-17)16-13(2)14-6-5-7-15-10-14/h5-7,10,12-13,16H,3-4,8-9,11H2,1-2H3. The molecule has 1 aromatic heterocycles. The first-order valence-corrected chi connectivity index (χ1v) is 6.64. The molecule has 0 aromatic carbocycles. The van der Waals surface area contributed by atoms with Crippen LogP contribution in [0, 0.1) is 0 Å². The van der Waals surface area contributed by atoms with Gasteiger partial charge >= 0.3 is 0 Å². The number of pyridine rings is 1. The van der Waals surface area contributed by atoms with Gasteiger partial charge in [0.15, 0.2) is 0 Å². The van der Waals surface area contributed by atoms with Gasteiger partial charge in [0.2, 0.25) is 0 Å². The van der Waals surface area contributed by atoms with E-state index in [-0.39, 0.29) is 0 Å². The minimum atomic E-state index is 0.376. The number of likely N-dealkylation sites (tertiary alicyclic amines) is 1. The highest BCUT2D eigenvalue weighted by molar-refractivity contribution is 5.12. The first-order valence-electron chi connectivity index (χ1n) is 6.64. The van der Waals surface area contributed by atoms with Gasteiger partial charge in [0.05, 0.1) is 0 Å². The summed E-state index contributed by atoms with van der Waals surface area (Å²) in [6, 6.07) is 5.04. The van der Waals surface area contributed by atoms with Gasteiger partial charge in [-0.3, -0.25) is 4.98 Å². The van der Waals surface area contributed by atoms with Crippen LogP contribution in [0.2, 0.25) is 0 Å². The molecule has 0 aliphatic carbocycles. The van der Waals surface area contributed by atoms with E-state index in [1.807, 2.05) is 18.5 Å². The van der Waals surface area contributed by atoms with Crippen molar-refractivity contribution in [2.75, 3.05) is 19.6 Å². The van der Waals surface area contributed by atoms with Crippen molar-refractivity contribution in [1.29, 1.82) is 0 Å². The van der Waals surface area contributed by atoms with Crippen LogP contribution in [0.4, 0.5) is 0 Å². The molecule has 3 heteroatoms. The number of rotatable bonds is 5. The summed E-state index contributed by atoms with van der Waals surface area (Å²) in [5.41, 5.74) is 1.26. The predicted octanol–water partition coefficient (Wildman–Crippen LogP) is 2.22. The molecule has 94 valence electrons. The first-order chi connectivity index (χ1) is 8.25. The fourth-order valence-electron chi connectivity index (χ4n) is 2.56. The van der Waals surface area contributed by atoms with E-state index in [9.17, 15) is 0 Å². The molecule has 0 bridgehead atoms. The van der Waals surface area contributed by atoms with Crippen LogP contribution < -0.4 is 5.32 Å². The lowest BCUT2D eigenvalue weighted by Crippen LogP contribution is -2.39. The Labute approximate surface area is 104 Å². The molecular formula is C14H23N3. The van der Waals surface area contributed by atoms with E-state index >= 15 is 0 Å². The van der Waals surface area contributed by atoms with Crippen molar-refractivity contribution in [2.24, 2.45) is 0 Å². The molecule has 0 amide bonds. The number of aromatic nitrogens is 1. The zero-order chi connectivity index (χ0) is 12.1. The minimum Gasteiger partial charge on any atom is -0.306 e. The van der Waals surface area contributed by atoms with E-state index in [0.29, 0.717) is 12.1 Å². The van der Waals surface area contributed by atoms with Gasteiger partial charge in [0.25, 0.3) is 0 Å². The highest BCUT2D eigenvalue weighted by Gasteiger charge is 2.16. The van der Waals surface area contributed by atoms with Crippen molar-refractivity contribution in [3.8, 4) is 0 Å². The molecule has 3 nitrogen and oxygen atoms in total. The maximum Gasteiger partial charge on any atom is 0.0315 e. The predicted molar refractivity (Wildman–Crippen MR) is 70.9 cm³/mol. The molecule has 0 saturated carbocycles. The van der Waals surface area contributed by atoms with Crippen LogP contribution in [0.1, 0.15) is 38.3 Å². The second-order valence-electron chi connectivity index (χ2n) is 5.08. The maximum absolute atomic E-state index is 4.17. The Bertz CT molecular complexity index is 319. The van der Waals surface area contributed by atoms with Gasteiger partial charge in [0, 0.05) is 31.0 Å². The van der Waals surface area contributed by atoms with Crippen LogP contribution >= 0.6 is 0 Å². The summed E-state index contributed by atoms with van der Waals surface area (Å²) in [4.78, 5) is 6.72.